The first-order valence-electron chi connectivity index (χ1n) is 9.29. The van der Waals surface area contributed by atoms with Gasteiger partial charge in [-0.1, -0.05) is 68.3 Å². The summed E-state index contributed by atoms with van der Waals surface area (Å²) in [5, 5.41) is 18.5. The summed E-state index contributed by atoms with van der Waals surface area (Å²) >= 11 is 0. The van der Waals surface area contributed by atoms with Crippen LogP contribution in [0.5, 0.6) is 0 Å². The van der Waals surface area contributed by atoms with Gasteiger partial charge in [0, 0.05) is 0 Å². The van der Waals surface area contributed by atoms with Crippen molar-refractivity contribution in [3.05, 3.63) is 59.7 Å². The highest BCUT2D eigenvalue weighted by Crippen LogP contribution is 2.22. The summed E-state index contributed by atoms with van der Waals surface area (Å²) < 4.78 is 0. The molecule has 4 N–H and O–H groups in total. The van der Waals surface area contributed by atoms with E-state index in [9.17, 15) is 10.2 Å². The van der Waals surface area contributed by atoms with Crippen molar-refractivity contribution in [2.24, 2.45) is 5.73 Å². The molecule has 0 aliphatic heterocycles. The molecule has 0 aromatic heterocycles. The summed E-state index contributed by atoms with van der Waals surface area (Å²) in [7, 11) is 0. The maximum absolute atomic E-state index is 9.26. The summed E-state index contributed by atoms with van der Waals surface area (Å²) in [6, 6.07) is 17.3. The van der Waals surface area contributed by atoms with Crippen LogP contribution in [0.15, 0.2) is 48.5 Å². The molecule has 0 atom stereocenters. The van der Waals surface area contributed by atoms with Gasteiger partial charge >= 0.3 is 0 Å². The Kier molecular flexibility index (Phi) is 7.63. The van der Waals surface area contributed by atoms with Crippen LogP contribution in [-0.2, 0) is 12.8 Å². The first-order valence-corrected chi connectivity index (χ1v) is 9.29. The van der Waals surface area contributed by atoms with E-state index in [2.05, 4.69) is 55.5 Å². The Balaban J connectivity index is 1.95. The third kappa shape index (κ3) is 5.96. The van der Waals surface area contributed by atoms with Crippen molar-refractivity contribution in [1.29, 1.82) is 0 Å². The van der Waals surface area contributed by atoms with Crippen molar-refractivity contribution in [3.63, 3.8) is 0 Å². The zero-order valence-corrected chi connectivity index (χ0v) is 15.2. The van der Waals surface area contributed by atoms with Gasteiger partial charge in [0.1, 0.15) is 0 Å². The third-order valence-electron chi connectivity index (χ3n) is 4.85. The molecule has 0 bridgehead atoms. The van der Waals surface area contributed by atoms with Gasteiger partial charge in [-0.15, -0.1) is 0 Å². The average Bonchev–Trinajstić information content (AvgIpc) is 2.67. The lowest BCUT2D eigenvalue weighted by molar-refractivity contribution is 0.115. The molecule has 0 fully saturated rings. The summed E-state index contributed by atoms with van der Waals surface area (Å²) in [5.41, 5.74) is 10.0. The van der Waals surface area contributed by atoms with Crippen molar-refractivity contribution in [2.75, 3.05) is 13.2 Å². The first-order chi connectivity index (χ1) is 12.1. The van der Waals surface area contributed by atoms with Crippen molar-refractivity contribution in [1.82, 2.24) is 0 Å². The van der Waals surface area contributed by atoms with Crippen LogP contribution in [-0.4, -0.2) is 29.0 Å². The van der Waals surface area contributed by atoms with Gasteiger partial charge < -0.3 is 15.9 Å². The van der Waals surface area contributed by atoms with E-state index in [1.54, 1.807) is 0 Å². The standard InChI is InChI=1S/C22H31NO2/c1-2-3-4-5-18-6-10-20(11-7-18)21-12-8-19(9-13-21)14-15-22(23,16-24)17-25/h6-13,24-25H,2-5,14-17,23H2,1H3. The maximum Gasteiger partial charge on any atom is 0.0633 e. The Morgan fingerprint density at radius 3 is 1.68 bits per heavy atom. The van der Waals surface area contributed by atoms with Crippen molar-refractivity contribution in [3.8, 4) is 11.1 Å². The van der Waals surface area contributed by atoms with Gasteiger partial charge in [-0.2, -0.15) is 0 Å². The van der Waals surface area contributed by atoms with E-state index in [1.165, 1.54) is 36.0 Å². The molecule has 25 heavy (non-hydrogen) atoms. The van der Waals surface area contributed by atoms with Crippen molar-refractivity contribution in [2.45, 2.75) is 51.0 Å². The molecule has 0 heterocycles. The van der Waals surface area contributed by atoms with Gasteiger partial charge in [0.05, 0.1) is 18.8 Å². The fourth-order valence-corrected chi connectivity index (χ4v) is 2.91. The monoisotopic (exact) mass is 341 g/mol. The number of aryl methyl sites for hydroxylation is 2. The van der Waals surface area contributed by atoms with Crippen molar-refractivity contribution < 1.29 is 10.2 Å². The van der Waals surface area contributed by atoms with E-state index < -0.39 is 5.54 Å². The van der Waals surface area contributed by atoms with E-state index in [-0.39, 0.29) is 13.2 Å². The second-order valence-electron chi connectivity index (χ2n) is 7.03. The number of nitrogens with two attached hydrogens (primary N) is 1. The molecule has 0 aliphatic carbocycles. The molecule has 0 spiro atoms. The smallest absolute Gasteiger partial charge is 0.0633 e. The topological polar surface area (TPSA) is 66.5 Å². The molecule has 2 aromatic rings. The molecule has 3 heteroatoms. The highest BCUT2D eigenvalue weighted by molar-refractivity contribution is 5.64. The number of benzene rings is 2. The predicted octanol–water partition coefficient (Wildman–Crippen LogP) is 3.70. The van der Waals surface area contributed by atoms with E-state index >= 15 is 0 Å². The van der Waals surface area contributed by atoms with Crippen LogP contribution in [0.3, 0.4) is 0 Å². The Morgan fingerprint density at radius 2 is 1.24 bits per heavy atom. The Bertz CT molecular complexity index is 615. The fraction of sp³-hybridized carbons (Fsp3) is 0.455. The Morgan fingerprint density at radius 1 is 0.760 bits per heavy atom. The summed E-state index contributed by atoms with van der Waals surface area (Å²) in [4.78, 5) is 0. The molecule has 2 rings (SSSR count). The molecule has 0 radical (unpaired) electrons. The van der Waals surface area contributed by atoms with Crippen LogP contribution >= 0.6 is 0 Å². The van der Waals surface area contributed by atoms with Gasteiger partial charge in [0.25, 0.3) is 0 Å². The lowest BCUT2D eigenvalue weighted by Crippen LogP contribution is -2.47. The Hall–Kier alpha value is -1.68. The van der Waals surface area contributed by atoms with Crippen LogP contribution in [0, 0.1) is 0 Å². The number of rotatable bonds is 10. The van der Waals surface area contributed by atoms with Crippen LogP contribution in [0.25, 0.3) is 11.1 Å². The van der Waals surface area contributed by atoms with Crippen molar-refractivity contribution >= 4 is 0 Å². The predicted molar refractivity (Wildman–Crippen MR) is 105 cm³/mol. The second kappa shape index (κ2) is 9.71. The number of unbranched alkanes of at least 4 members (excludes halogenated alkanes) is 2. The fourth-order valence-electron chi connectivity index (χ4n) is 2.91. The quantitative estimate of drug-likeness (QED) is 0.577. The summed E-state index contributed by atoms with van der Waals surface area (Å²) in [6.07, 6.45) is 6.27. The lowest BCUT2D eigenvalue weighted by atomic mass is 9.93. The van der Waals surface area contributed by atoms with Gasteiger partial charge in [0.15, 0.2) is 0 Å². The minimum Gasteiger partial charge on any atom is -0.394 e. The third-order valence-corrected chi connectivity index (χ3v) is 4.85. The molecule has 2 aromatic carbocycles. The van der Waals surface area contributed by atoms with Crippen LogP contribution in [0.2, 0.25) is 0 Å². The van der Waals surface area contributed by atoms with Gasteiger partial charge in [0.2, 0.25) is 0 Å². The zero-order chi connectivity index (χ0) is 18.1. The van der Waals surface area contributed by atoms with Crippen LogP contribution in [0.4, 0.5) is 0 Å². The van der Waals surface area contributed by atoms with E-state index in [0.29, 0.717) is 6.42 Å². The molecule has 0 amide bonds. The SMILES string of the molecule is CCCCCc1ccc(-c2ccc(CCC(N)(CO)CO)cc2)cc1. The van der Waals surface area contributed by atoms with E-state index in [1.807, 2.05) is 0 Å². The average molecular weight is 341 g/mol. The van der Waals surface area contributed by atoms with Crippen LogP contribution in [0.1, 0.15) is 43.7 Å². The molecular weight excluding hydrogens is 310 g/mol. The molecule has 136 valence electrons. The van der Waals surface area contributed by atoms with Gasteiger partial charge in [-0.25, -0.2) is 0 Å². The first kappa shape index (κ1) is 19.6. The normalized spacial score (nSPS) is 11.7. The second-order valence-corrected chi connectivity index (χ2v) is 7.03. The number of hydrogen-bond acceptors (Lipinski definition) is 3. The minimum absolute atomic E-state index is 0.202. The Labute approximate surface area is 151 Å². The molecule has 3 nitrogen and oxygen atoms in total. The largest absolute Gasteiger partial charge is 0.394 e. The summed E-state index contributed by atoms with van der Waals surface area (Å²) in [6.45, 7) is 1.83. The van der Waals surface area contributed by atoms with E-state index in [0.717, 1.165) is 18.4 Å². The lowest BCUT2D eigenvalue weighted by Gasteiger charge is -2.24. The number of hydrogen-bond donors (Lipinski definition) is 3. The molecule has 0 aliphatic rings. The molecule has 0 unspecified atom stereocenters. The highest BCUT2D eigenvalue weighted by atomic mass is 16.3. The number of aliphatic hydroxyl groups is 2. The van der Waals surface area contributed by atoms with Crippen LogP contribution < -0.4 is 5.73 Å². The highest BCUT2D eigenvalue weighted by Gasteiger charge is 2.22. The molecule has 0 saturated carbocycles. The number of aliphatic hydroxyl groups excluding tert-OH is 2. The zero-order valence-electron chi connectivity index (χ0n) is 15.2. The molecule has 0 saturated heterocycles. The maximum atomic E-state index is 9.26. The van der Waals surface area contributed by atoms with Gasteiger partial charge in [-0.05, 0) is 47.9 Å². The summed E-state index contributed by atoms with van der Waals surface area (Å²) in [5.74, 6) is 0. The van der Waals surface area contributed by atoms with E-state index in [4.69, 9.17) is 5.73 Å². The minimum atomic E-state index is -0.897. The molecular formula is C22H31NO2. The van der Waals surface area contributed by atoms with Gasteiger partial charge in [-0.3, -0.25) is 0 Å².